The van der Waals surface area contributed by atoms with Gasteiger partial charge in [0.1, 0.15) is 11.7 Å². The summed E-state index contributed by atoms with van der Waals surface area (Å²) in [6.45, 7) is 15.2. The number of amides is 1. The molecule has 1 atom stereocenters. The molecule has 1 aromatic rings. The number of ether oxygens (including phenoxy) is 1. The highest BCUT2D eigenvalue weighted by Gasteiger charge is 2.34. The van der Waals surface area contributed by atoms with Crippen molar-refractivity contribution in [3.8, 4) is 0 Å². The van der Waals surface area contributed by atoms with Crippen molar-refractivity contribution in [2.24, 2.45) is 0 Å². The monoisotopic (exact) mass is 361 g/mol. The predicted octanol–water partition coefficient (Wildman–Crippen LogP) is 5.56. The van der Waals surface area contributed by atoms with Gasteiger partial charge in [-0.05, 0) is 50.4 Å². The lowest BCUT2D eigenvalue weighted by Crippen LogP contribution is -2.42. The van der Waals surface area contributed by atoms with Gasteiger partial charge in [0, 0.05) is 8.07 Å². The number of rotatable bonds is 3. The van der Waals surface area contributed by atoms with Crippen LogP contribution in [-0.2, 0) is 9.57 Å². The molecule has 1 aromatic carbocycles. The summed E-state index contributed by atoms with van der Waals surface area (Å²) in [5.41, 5.74) is 3.03. The summed E-state index contributed by atoms with van der Waals surface area (Å²) < 4.78 is 5.53. The molecule has 138 valence electrons. The van der Waals surface area contributed by atoms with E-state index in [0.29, 0.717) is 6.54 Å². The molecule has 1 unspecified atom stereocenters. The number of benzene rings is 1. The molecule has 5 heteroatoms. The van der Waals surface area contributed by atoms with Crippen LogP contribution in [-0.4, -0.2) is 31.4 Å². The molecule has 4 nitrogen and oxygen atoms in total. The van der Waals surface area contributed by atoms with Crippen molar-refractivity contribution in [1.29, 1.82) is 0 Å². The van der Waals surface area contributed by atoms with Gasteiger partial charge in [0.2, 0.25) is 0 Å². The molecule has 0 aromatic heterocycles. The van der Waals surface area contributed by atoms with E-state index in [-0.39, 0.29) is 6.10 Å². The van der Waals surface area contributed by atoms with Crippen molar-refractivity contribution in [2.75, 3.05) is 6.54 Å². The first-order chi connectivity index (χ1) is 11.5. The first-order valence-corrected chi connectivity index (χ1v) is 12.6. The normalized spacial score (nSPS) is 19.2. The van der Waals surface area contributed by atoms with Crippen molar-refractivity contribution in [2.45, 2.75) is 65.1 Å². The minimum atomic E-state index is -1.32. The number of hydroxylamine groups is 2. The summed E-state index contributed by atoms with van der Waals surface area (Å²) in [7, 11) is -1.32. The fourth-order valence-corrected chi connectivity index (χ4v) is 4.59. The zero-order chi connectivity index (χ0) is 18.8. The summed E-state index contributed by atoms with van der Waals surface area (Å²) in [5, 5.41) is 1.39. The third kappa shape index (κ3) is 5.72. The molecule has 0 saturated heterocycles. The van der Waals surface area contributed by atoms with E-state index in [1.54, 1.807) is 0 Å². The minimum Gasteiger partial charge on any atom is -0.442 e. The Labute approximate surface area is 152 Å². The van der Waals surface area contributed by atoms with Crippen LogP contribution in [0.2, 0.25) is 25.7 Å². The zero-order valence-electron chi connectivity index (χ0n) is 16.6. The van der Waals surface area contributed by atoms with Crippen molar-refractivity contribution >= 4 is 14.2 Å². The van der Waals surface area contributed by atoms with Gasteiger partial charge in [-0.25, -0.2) is 4.79 Å². The summed E-state index contributed by atoms with van der Waals surface area (Å²) in [6.07, 6.45) is -0.664. The second-order valence-corrected chi connectivity index (χ2v) is 14.4. The number of hydrogen-bond donors (Lipinski definition) is 0. The summed E-state index contributed by atoms with van der Waals surface area (Å²) in [4.78, 5) is 18.6. The highest BCUT2D eigenvalue weighted by Crippen LogP contribution is 2.36. The van der Waals surface area contributed by atoms with Gasteiger partial charge >= 0.3 is 6.09 Å². The molecule has 1 aliphatic rings. The lowest BCUT2D eigenvalue weighted by atomic mass is 9.97. The van der Waals surface area contributed by atoms with E-state index in [1.807, 2.05) is 51.1 Å². The number of carbonyl (C=O) groups is 1. The Bertz CT molecular complexity index is 641. The third-order valence-corrected chi connectivity index (χ3v) is 5.45. The average molecular weight is 362 g/mol. The largest absolute Gasteiger partial charge is 0.442 e. The van der Waals surface area contributed by atoms with Crippen molar-refractivity contribution in [1.82, 2.24) is 5.06 Å². The van der Waals surface area contributed by atoms with Crippen LogP contribution in [0.15, 0.2) is 41.5 Å². The third-order valence-electron chi connectivity index (χ3n) is 3.96. The fraction of sp³-hybridized carbons (Fsp3) is 0.550. The van der Waals surface area contributed by atoms with E-state index in [2.05, 4.69) is 26.6 Å². The van der Waals surface area contributed by atoms with E-state index in [0.717, 1.165) is 11.6 Å². The lowest BCUT2D eigenvalue weighted by molar-refractivity contribution is -0.177. The van der Waals surface area contributed by atoms with E-state index < -0.39 is 19.8 Å². The summed E-state index contributed by atoms with van der Waals surface area (Å²) in [6, 6.07) is 11.1. The van der Waals surface area contributed by atoms with Crippen LogP contribution in [0, 0.1) is 0 Å². The number of nitrogens with zero attached hydrogens (tertiary/aromatic N) is 1. The SMILES string of the molecule is CC1=C(C[Si](C)(C)C)CN(C(=O)OC(C)(C)C)OC1c1ccccc1. The summed E-state index contributed by atoms with van der Waals surface area (Å²) >= 11 is 0. The van der Waals surface area contributed by atoms with Gasteiger partial charge in [-0.15, -0.1) is 0 Å². The van der Waals surface area contributed by atoms with Gasteiger partial charge in [-0.3, -0.25) is 4.84 Å². The highest BCUT2D eigenvalue weighted by molar-refractivity contribution is 6.76. The van der Waals surface area contributed by atoms with Crippen LogP contribution < -0.4 is 0 Å². The molecular weight excluding hydrogens is 330 g/mol. The van der Waals surface area contributed by atoms with Crippen molar-refractivity contribution < 1.29 is 14.4 Å². The lowest BCUT2D eigenvalue weighted by Gasteiger charge is -2.37. The van der Waals surface area contributed by atoms with Crippen molar-refractivity contribution in [3.05, 3.63) is 47.0 Å². The van der Waals surface area contributed by atoms with E-state index in [9.17, 15) is 4.79 Å². The van der Waals surface area contributed by atoms with Crippen LogP contribution in [0.4, 0.5) is 4.79 Å². The minimum absolute atomic E-state index is 0.242. The maximum atomic E-state index is 12.6. The maximum absolute atomic E-state index is 12.6. The highest BCUT2D eigenvalue weighted by atomic mass is 28.3. The van der Waals surface area contributed by atoms with Crippen LogP contribution in [0.5, 0.6) is 0 Å². The quantitative estimate of drug-likeness (QED) is 0.522. The van der Waals surface area contributed by atoms with Gasteiger partial charge in [0.25, 0.3) is 0 Å². The molecule has 1 amide bonds. The van der Waals surface area contributed by atoms with E-state index in [4.69, 9.17) is 9.57 Å². The Balaban J connectivity index is 2.34. The fourth-order valence-electron chi connectivity index (χ4n) is 2.92. The Kier molecular flexibility index (Phi) is 5.79. The smallest absolute Gasteiger partial charge is 0.434 e. The van der Waals surface area contributed by atoms with Crippen LogP contribution in [0.25, 0.3) is 0 Å². The van der Waals surface area contributed by atoms with Crippen LogP contribution in [0.3, 0.4) is 0 Å². The number of hydrogen-bond acceptors (Lipinski definition) is 3. The predicted molar refractivity (Wildman–Crippen MR) is 104 cm³/mol. The Morgan fingerprint density at radius 1 is 1.24 bits per heavy atom. The molecule has 0 spiro atoms. The van der Waals surface area contributed by atoms with Gasteiger partial charge in [-0.1, -0.05) is 50.0 Å². The Morgan fingerprint density at radius 2 is 1.84 bits per heavy atom. The van der Waals surface area contributed by atoms with E-state index >= 15 is 0 Å². The molecular formula is C20H31NO3Si. The topological polar surface area (TPSA) is 38.8 Å². The zero-order valence-corrected chi connectivity index (χ0v) is 17.6. The molecule has 0 radical (unpaired) electrons. The molecule has 0 saturated carbocycles. The first kappa shape index (κ1) is 19.7. The second-order valence-electron chi connectivity index (χ2n) is 8.94. The molecule has 0 N–H and O–H groups in total. The summed E-state index contributed by atoms with van der Waals surface area (Å²) in [5.74, 6) is 0. The molecule has 0 aliphatic carbocycles. The molecule has 0 fully saturated rings. The number of carbonyl (C=O) groups excluding carboxylic acids is 1. The van der Waals surface area contributed by atoms with Gasteiger partial charge in [-0.2, -0.15) is 5.06 Å². The second kappa shape index (κ2) is 7.34. The van der Waals surface area contributed by atoms with Crippen LogP contribution in [0.1, 0.15) is 39.4 Å². The maximum Gasteiger partial charge on any atom is 0.434 e. The average Bonchev–Trinajstić information content (AvgIpc) is 2.47. The first-order valence-electron chi connectivity index (χ1n) is 8.87. The Hall–Kier alpha value is -1.59. The Morgan fingerprint density at radius 3 is 2.36 bits per heavy atom. The molecule has 2 rings (SSSR count). The van der Waals surface area contributed by atoms with Crippen molar-refractivity contribution in [3.63, 3.8) is 0 Å². The molecule has 0 bridgehead atoms. The molecule has 1 heterocycles. The van der Waals surface area contributed by atoms with Gasteiger partial charge < -0.3 is 4.74 Å². The molecule has 1 aliphatic heterocycles. The van der Waals surface area contributed by atoms with Gasteiger partial charge in [0.15, 0.2) is 0 Å². The standard InChI is InChI=1S/C20H31NO3Si/c1-15-17(14-25(5,6)7)13-21(19(22)23-20(2,3)4)24-18(15)16-11-9-8-10-12-16/h8-12,18H,13-14H2,1-7H3. The van der Waals surface area contributed by atoms with Crippen LogP contribution >= 0.6 is 0 Å². The van der Waals surface area contributed by atoms with E-state index in [1.165, 1.54) is 16.2 Å². The van der Waals surface area contributed by atoms with Gasteiger partial charge in [0.05, 0.1) is 6.54 Å². The molecule has 25 heavy (non-hydrogen) atoms.